The van der Waals surface area contributed by atoms with Gasteiger partial charge in [-0.25, -0.2) is 4.39 Å². The Morgan fingerprint density at radius 2 is 2.17 bits per heavy atom. The highest BCUT2D eigenvalue weighted by Crippen LogP contribution is 2.23. The van der Waals surface area contributed by atoms with Crippen molar-refractivity contribution in [1.82, 2.24) is 0 Å². The van der Waals surface area contributed by atoms with Crippen LogP contribution >= 0.6 is 11.6 Å². The molecule has 0 heterocycles. The van der Waals surface area contributed by atoms with E-state index in [1.807, 2.05) is 0 Å². The van der Waals surface area contributed by atoms with Crippen molar-refractivity contribution in [1.29, 1.82) is 0 Å². The first-order valence-corrected chi connectivity index (χ1v) is 3.65. The zero-order chi connectivity index (χ0) is 9.30. The molecule has 0 aromatic heterocycles. The molecule has 0 unspecified atom stereocenters. The lowest BCUT2D eigenvalue weighted by Gasteiger charge is -2.01. The van der Waals surface area contributed by atoms with Crippen molar-refractivity contribution < 1.29 is 9.18 Å². The maximum atomic E-state index is 12.8. The van der Waals surface area contributed by atoms with Crippen LogP contribution in [0.3, 0.4) is 0 Å². The summed E-state index contributed by atoms with van der Waals surface area (Å²) in [6.07, 6.45) is 0. The van der Waals surface area contributed by atoms with Crippen molar-refractivity contribution in [2.45, 2.75) is 6.92 Å². The molecule has 2 N–H and O–H groups in total. The van der Waals surface area contributed by atoms with Crippen LogP contribution in [0.25, 0.3) is 0 Å². The van der Waals surface area contributed by atoms with Gasteiger partial charge in [-0.15, -0.1) is 0 Å². The highest BCUT2D eigenvalue weighted by atomic mass is 35.5. The molecule has 0 aliphatic rings. The van der Waals surface area contributed by atoms with Crippen LogP contribution in [-0.4, -0.2) is 5.78 Å². The predicted octanol–water partition coefficient (Wildman–Crippen LogP) is 2.26. The number of halogens is 2. The number of Topliss-reactive ketones (excluding diaryl/α,β-unsaturated/α-hetero) is 1. The van der Waals surface area contributed by atoms with E-state index in [0.29, 0.717) is 0 Å². The van der Waals surface area contributed by atoms with Gasteiger partial charge in [0.15, 0.2) is 5.78 Å². The summed E-state index contributed by atoms with van der Waals surface area (Å²) in [5.41, 5.74) is 5.65. The molecule has 0 aliphatic heterocycles. The molecule has 64 valence electrons. The Balaban J connectivity index is 3.31. The second-order valence-electron chi connectivity index (χ2n) is 2.42. The number of hydrogen-bond acceptors (Lipinski definition) is 2. The smallest absolute Gasteiger partial charge is 0.159 e. The zero-order valence-corrected chi connectivity index (χ0v) is 7.15. The molecule has 0 spiro atoms. The summed E-state index contributed by atoms with van der Waals surface area (Å²) in [6.45, 7) is 1.34. The van der Waals surface area contributed by atoms with Gasteiger partial charge in [0.05, 0.1) is 10.7 Å². The number of nitrogen functional groups attached to an aromatic ring is 1. The molecular weight excluding hydrogens is 181 g/mol. The van der Waals surface area contributed by atoms with Crippen LogP contribution < -0.4 is 5.73 Å². The SMILES string of the molecule is CC(=O)c1cc(N)c(Cl)c(F)c1. The number of ketones is 1. The maximum absolute atomic E-state index is 12.8. The number of carbonyl (C=O) groups is 1. The largest absolute Gasteiger partial charge is 0.397 e. The van der Waals surface area contributed by atoms with E-state index >= 15 is 0 Å². The third-order valence-electron chi connectivity index (χ3n) is 1.46. The fraction of sp³-hybridized carbons (Fsp3) is 0.125. The second kappa shape index (κ2) is 3.11. The van der Waals surface area contributed by atoms with Crippen molar-refractivity contribution in [2.75, 3.05) is 5.73 Å². The zero-order valence-electron chi connectivity index (χ0n) is 6.40. The summed E-state index contributed by atoms with van der Waals surface area (Å²) in [7, 11) is 0. The highest BCUT2D eigenvalue weighted by molar-refractivity contribution is 6.33. The molecule has 1 rings (SSSR count). The molecule has 2 nitrogen and oxygen atoms in total. The van der Waals surface area contributed by atoms with Gasteiger partial charge in [-0.3, -0.25) is 4.79 Å². The minimum absolute atomic E-state index is 0.0851. The fourth-order valence-corrected chi connectivity index (χ4v) is 0.923. The van der Waals surface area contributed by atoms with Crippen LogP contribution in [0.5, 0.6) is 0 Å². The first kappa shape index (κ1) is 9.00. The van der Waals surface area contributed by atoms with E-state index < -0.39 is 5.82 Å². The first-order chi connectivity index (χ1) is 5.52. The topological polar surface area (TPSA) is 43.1 Å². The highest BCUT2D eigenvalue weighted by Gasteiger charge is 2.08. The Morgan fingerprint density at radius 1 is 1.58 bits per heavy atom. The Morgan fingerprint density at radius 3 is 2.58 bits per heavy atom. The summed E-state index contributed by atoms with van der Waals surface area (Å²) in [5, 5.41) is -0.139. The molecule has 12 heavy (non-hydrogen) atoms. The Hall–Kier alpha value is -1.09. The molecule has 0 fully saturated rings. The molecule has 0 saturated heterocycles. The van der Waals surface area contributed by atoms with Gasteiger partial charge in [0.1, 0.15) is 5.82 Å². The van der Waals surface area contributed by atoms with Crippen LogP contribution in [0.4, 0.5) is 10.1 Å². The molecule has 0 atom stereocenters. The summed E-state index contributed by atoms with van der Waals surface area (Å²) in [4.78, 5) is 10.8. The first-order valence-electron chi connectivity index (χ1n) is 3.28. The lowest BCUT2D eigenvalue weighted by Crippen LogP contribution is -1.97. The normalized spacial score (nSPS) is 9.92. The number of carbonyl (C=O) groups excluding carboxylic acids is 1. The Bertz CT molecular complexity index is 315. The van der Waals surface area contributed by atoms with Gasteiger partial charge in [-0.05, 0) is 19.1 Å². The van der Waals surface area contributed by atoms with Crippen molar-refractivity contribution in [2.24, 2.45) is 0 Å². The van der Waals surface area contributed by atoms with E-state index in [1.165, 1.54) is 13.0 Å². The van der Waals surface area contributed by atoms with Crippen LogP contribution in [0.2, 0.25) is 5.02 Å². The third-order valence-corrected chi connectivity index (χ3v) is 1.86. The van der Waals surface area contributed by atoms with Gasteiger partial charge in [0.25, 0.3) is 0 Å². The number of rotatable bonds is 1. The fourth-order valence-electron chi connectivity index (χ4n) is 0.814. The molecule has 0 amide bonds. The van der Waals surface area contributed by atoms with Crippen molar-refractivity contribution in [3.8, 4) is 0 Å². The van der Waals surface area contributed by atoms with Crippen LogP contribution in [-0.2, 0) is 0 Å². The Kier molecular flexibility index (Phi) is 2.33. The van der Waals surface area contributed by atoms with E-state index in [1.54, 1.807) is 0 Å². The number of hydrogen-bond donors (Lipinski definition) is 1. The van der Waals surface area contributed by atoms with E-state index in [9.17, 15) is 9.18 Å². The van der Waals surface area contributed by atoms with Crippen molar-refractivity contribution in [3.05, 3.63) is 28.5 Å². The lowest BCUT2D eigenvalue weighted by atomic mass is 10.1. The molecular formula is C8H7ClFNO. The standard InChI is InChI=1S/C8H7ClFNO/c1-4(12)5-2-6(10)8(9)7(11)3-5/h2-3H,11H2,1H3. The van der Waals surface area contributed by atoms with Gasteiger partial charge in [0.2, 0.25) is 0 Å². The summed E-state index contributed by atoms with van der Waals surface area (Å²) in [6, 6.07) is 2.43. The number of benzene rings is 1. The minimum atomic E-state index is -0.665. The van der Waals surface area contributed by atoms with Crippen LogP contribution in [0.15, 0.2) is 12.1 Å². The van der Waals surface area contributed by atoms with Gasteiger partial charge in [0, 0.05) is 5.56 Å². The lowest BCUT2D eigenvalue weighted by molar-refractivity contribution is 0.101. The Labute approximate surface area is 74.1 Å². The molecule has 0 aliphatic carbocycles. The van der Waals surface area contributed by atoms with Gasteiger partial charge < -0.3 is 5.73 Å². The number of nitrogens with two attached hydrogens (primary N) is 1. The van der Waals surface area contributed by atoms with Crippen molar-refractivity contribution in [3.63, 3.8) is 0 Å². The molecule has 0 saturated carbocycles. The van der Waals surface area contributed by atoms with Gasteiger partial charge >= 0.3 is 0 Å². The summed E-state index contributed by atoms with van der Waals surface area (Å²) < 4.78 is 12.8. The molecule has 0 bridgehead atoms. The van der Waals surface area contributed by atoms with E-state index in [2.05, 4.69) is 0 Å². The van der Waals surface area contributed by atoms with Crippen LogP contribution in [0.1, 0.15) is 17.3 Å². The van der Waals surface area contributed by atoms with E-state index in [-0.39, 0.29) is 22.1 Å². The molecule has 0 radical (unpaired) electrons. The second-order valence-corrected chi connectivity index (χ2v) is 2.80. The summed E-state index contributed by atoms with van der Waals surface area (Å²) in [5.74, 6) is -0.904. The average molecular weight is 188 g/mol. The quantitative estimate of drug-likeness (QED) is 0.541. The van der Waals surface area contributed by atoms with Crippen LogP contribution in [0, 0.1) is 5.82 Å². The molecule has 4 heteroatoms. The average Bonchev–Trinajstić information content (AvgIpc) is 1.99. The number of anilines is 1. The van der Waals surface area contributed by atoms with E-state index in [0.717, 1.165) is 6.07 Å². The predicted molar refractivity (Wildman–Crippen MR) is 45.8 cm³/mol. The maximum Gasteiger partial charge on any atom is 0.159 e. The van der Waals surface area contributed by atoms with Gasteiger partial charge in [-0.1, -0.05) is 11.6 Å². The summed E-state index contributed by atoms with van der Waals surface area (Å²) >= 11 is 5.44. The molecule has 1 aromatic carbocycles. The third kappa shape index (κ3) is 1.56. The van der Waals surface area contributed by atoms with E-state index in [4.69, 9.17) is 17.3 Å². The minimum Gasteiger partial charge on any atom is -0.397 e. The monoisotopic (exact) mass is 187 g/mol. The molecule has 1 aromatic rings. The van der Waals surface area contributed by atoms with Crippen molar-refractivity contribution >= 4 is 23.1 Å². The van der Waals surface area contributed by atoms with Gasteiger partial charge in [-0.2, -0.15) is 0 Å².